The Hall–Kier alpha value is -2.08. The van der Waals surface area contributed by atoms with E-state index in [4.69, 9.17) is 4.43 Å². The van der Waals surface area contributed by atoms with Gasteiger partial charge in [-0.25, -0.2) is 4.79 Å². The average Bonchev–Trinajstić information content (AvgIpc) is 2.57. The highest BCUT2D eigenvalue weighted by atomic mass is 28.4. The molecule has 0 radical (unpaired) electrons. The van der Waals surface area contributed by atoms with Gasteiger partial charge in [-0.05, 0) is 36.3 Å². The summed E-state index contributed by atoms with van der Waals surface area (Å²) in [5.41, 5.74) is -4.28. The summed E-state index contributed by atoms with van der Waals surface area (Å²) in [6, 6.07) is -1.18. The van der Waals surface area contributed by atoms with Gasteiger partial charge in [-0.1, -0.05) is 20.8 Å². The van der Waals surface area contributed by atoms with Gasteiger partial charge in [-0.2, -0.15) is 26.3 Å². The molecular formula is C19H25F6NO4Si. The summed E-state index contributed by atoms with van der Waals surface area (Å²) in [7, 11) is -2.22. The zero-order valence-corrected chi connectivity index (χ0v) is 18.7. The number of nitrogens with one attached hydrogen (secondary N) is 1. The fraction of sp³-hybridized carbons (Fsp3) is 0.579. The zero-order valence-electron chi connectivity index (χ0n) is 17.7. The first-order chi connectivity index (χ1) is 13.8. The number of alkyl halides is 6. The van der Waals surface area contributed by atoms with Crippen LogP contribution in [0.3, 0.4) is 0 Å². The molecule has 1 amide bonds. The lowest BCUT2D eigenvalue weighted by Gasteiger charge is -2.36. The van der Waals surface area contributed by atoms with Crippen LogP contribution in [-0.4, -0.2) is 37.9 Å². The van der Waals surface area contributed by atoms with E-state index in [0.29, 0.717) is 0 Å². The molecule has 1 aromatic rings. The summed E-state index contributed by atoms with van der Waals surface area (Å²) in [5.74, 6) is -2.86. The van der Waals surface area contributed by atoms with Crippen LogP contribution >= 0.6 is 0 Å². The van der Waals surface area contributed by atoms with E-state index in [9.17, 15) is 41.0 Å². The normalized spacial score (nSPS) is 14.3. The zero-order chi connectivity index (χ0) is 24.4. The van der Waals surface area contributed by atoms with Gasteiger partial charge in [-0.15, -0.1) is 0 Å². The van der Waals surface area contributed by atoms with E-state index in [1.807, 2.05) is 39.2 Å². The van der Waals surface area contributed by atoms with Crippen LogP contribution < -0.4 is 5.32 Å². The van der Waals surface area contributed by atoms with E-state index in [1.165, 1.54) is 0 Å². The molecule has 0 spiro atoms. The minimum absolute atomic E-state index is 0.0515. The van der Waals surface area contributed by atoms with Gasteiger partial charge >= 0.3 is 18.3 Å². The van der Waals surface area contributed by atoms with Gasteiger partial charge in [0.2, 0.25) is 0 Å². The van der Waals surface area contributed by atoms with Crippen LogP contribution in [0.4, 0.5) is 26.3 Å². The molecule has 0 fully saturated rings. The molecule has 176 valence electrons. The molecule has 1 aromatic carbocycles. The lowest BCUT2D eigenvalue weighted by Crippen LogP contribution is -2.44. The van der Waals surface area contributed by atoms with Crippen LogP contribution in [0.5, 0.6) is 0 Å². The molecule has 0 aromatic heterocycles. The van der Waals surface area contributed by atoms with E-state index in [0.717, 1.165) is 0 Å². The minimum atomic E-state index is -5.13. The number of carbonyl (C=O) groups excluding carboxylic acids is 1. The number of hydrogen-bond donors (Lipinski definition) is 2. The fourth-order valence-electron chi connectivity index (χ4n) is 2.23. The molecule has 0 unspecified atom stereocenters. The number of carboxylic acids is 1. The van der Waals surface area contributed by atoms with Crippen molar-refractivity contribution in [3.63, 3.8) is 0 Å². The lowest BCUT2D eigenvalue weighted by molar-refractivity contribution is -0.143. The number of benzene rings is 1. The first-order valence-electron chi connectivity index (χ1n) is 9.23. The minimum Gasteiger partial charge on any atom is -0.480 e. The van der Waals surface area contributed by atoms with Crippen LogP contribution in [0.15, 0.2) is 18.2 Å². The van der Waals surface area contributed by atoms with Gasteiger partial charge in [0.15, 0.2) is 8.32 Å². The van der Waals surface area contributed by atoms with Crippen LogP contribution in [0.1, 0.15) is 48.7 Å². The van der Waals surface area contributed by atoms with Crippen molar-refractivity contribution in [1.29, 1.82) is 0 Å². The first kappa shape index (κ1) is 27.0. The Balaban J connectivity index is 3.06. The summed E-state index contributed by atoms with van der Waals surface area (Å²) in [4.78, 5) is 23.7. The maximum absolute atomic E-state index is 13.0. The van der Waals surface area contributed by atoms with Gasteiger partial charge in [0, 0.05) is 18.6 Å². The molecule has 31 heavy (non-hydrogen) atoms. The number of rotatable bonds is 7. The van der Waals surface area contributed by atoms with Gasteiger partial charge in [0.05, 0.1) is 11.1 Å². The smallest absolute Gasteiger partial charge is 0.416 e. The third-order valence-corrected chi connectivity index (χ3v) is 9.67. The Labute approximate surface area is 176 Å². The number of amides is 1. The predicted octanol–water partition coefficient (Wildman–Crippen LogP) is 5.32. The van der Waals surface area contributed by atoms with Crippen molar-refractivity contribution in [2.24, 2.45) is 0 Å². The summed E-state index contributed by atoms with van der Waals surface area (Å²) in [6.45, 7) is 9.67. The number of hydrogen-bond acceptors (Lipinski definition) is 3. The lowest BCUT2D eigenvalue weighted by atomic mass is 10.0. The SMILES string of the molecule is CC(C)(C)[Si](C)(C)OCC[C@@H](NC(=O)c1cc(C(F)(F)F)cc(C(F)(F)F)c1)C(=O)O. The third kappa shape index (κ3) is 7.53. The standard InChI is InChI=1S/C19H25F6NO4Si/c1-17(2,3)31(4,5)30-7-6-14(16(28)29)26-15(27)11-8-12(18(20,21)22)10-13(9-11)19(23,24)25/h8-10,14H,6-7H2,1-5H3,(H,26,27)(H,28,29)/t14-/m1/s1. The van der Waals surface area contributed by atoms with Gasteiger partial charge in [-0.3, -0.25) is 4.79 Å². The summed E-state index contributed by atoms with van der Waals surface area (Å²) >= 11 is 0. The number of halogens is 6. The highest BCUT2D eigenvalue weighted by Crippen LogP contribution is 2.37. The second-order valence-electron chi connectivity index (χ2n) is 8.56. The average molecular weight is 473 g/mol. The Morgan fingerprint density at radius 1 is 1.00 bits per heavy atom. The molecule has 0 saturated carbocycles. The van der Waals surface area contributed by atoms with Crippen molar-refractivity contribution in [3.8, 4) is 0 Å². The largest absolute Gasteiger partial charge is 0.480 e. The highest BCUT2D eigenvalue weighted by molar-refractivity contribution is 6.74. The predicted molar refractivity (Wildman–Crippen MR) is 103 cm³/mol. The van der Waals surface area contributed by atoms with Gasteiger partial charge < -0.3 is 14.8 Å². The molecule has 0 heterocycles. The highest BCUT2D eigenvalue weighted by Gasteiger charge is 2.39. The van der Waals surface area contributed by atoms with E-state index in [-0.39, 0.29) is 36.3 Å². The molecule has 1 rings (SSSR count). The second kappa shape index (κ2) is 9.19. The van der Waals surface area contributed by atoms with Crippen molar-refractivity contribution in [2.45, 2.75) is 63.7 Å². The summed E-state index contributed by atoms with van der Waals surface area (Å²) < 4.78 is 83.6. The molecule has 0 aliphatic carbocycles. The molecule has 12 heteroatoms. The Morgan fingerprint density at radius 3 is 1.81 bits per heavy atom. The van der Waals surface area contributed by atoms with Crippen molar-refractivity contribution in [2.75, 3.05) is 6.61 Å². The summed E-state index contributed by atoms with van der Waals surface area (Å²) in [5, 5.41) is 11.1. The van der Waals surface area contributed by atoms with E-state index >= 15 is 0 Å². The molecule has 5 nitrogen and oxygen atoms in total. The van der Waals surface area contributed by atoms with Crippen LogP contribution in [0, 0.1) is 0 Å². The molecule has 0 aliphatic rings. The Morgan fingerprint density at radius 2 is 1.45 bits per heavy atom. The Bertz CT molecular complexity index is 783. The number of carboxylic acid groups (broad SMARTS) is 1. The van der Waals surface area contributed by atoms with Crippen molar-refractivity contribution < 1.29 is 45.5 Å². The van der Waals surface area contributed by atoms with Crippen molar-refractivity contribution in [1.82, 2.24) is 5.32 Å². The molecule has 0 saturated heterocycles. The fourth-order valence-corrected chi connectivity index (χ4v) is 3.29. The van der Waals surface area contributed by atoms with E-state index in [2.05, 4.69) is 0 Å². The molecule has 0 bridgehead atoms. The number of aliphatic carboxylic acids is 1. The van der Waals surface area contributed by atoms with Crippen LogP contribution in [0.2, 0.25) is 18.1 Å². The first-order valence-corrected chi connectivity index (χ1v) is 12.1. The van der Waals surface area contributed by atoms with Crippen LogP contribution in [-0.2, 0) is 21.6 Å². The van der Waals surface area contributed by atoms with Crippen molar-refractivity contribution in [3.05, 3.63) is 34.9 Å². The third-order valence-electron chi connectivity index (χ3n) is 5.13. The molecular weight excluding hydrogens is 448 g/mol. The van der Waals surface area contributed by atoms with E-state index < -0.39 is 55.3 Å². The van der Waals surface area contributed by atoms with Crippen LogP contribution in [0.25, 0.3) is 0 Å². The quantitative estimate of drug-likeness (QED) is 0.415. The topological polar surface area (TPSA) is 75.6 Å². The second-order valence-corrected chi connectivity index (χ2v) is 13.4. The molecule has 0 aliphatic heterocycles. The maximum atomic E-state index is 13.0. The van der Waals surface area contributed by atoms with E-state index in [1.54, 1.807) is 0 Å². The summed E-state index contributed by atoms with van der Waals surface area (Å²) in [6.07, 6.45) is -10.5. The Kier molecular flexibility index (Phi) is 7.99. The maximum Gasteiger partial charge on any atom is 0.416 e. The van der Waals surface area contributed by atoms with Gasteiger partial charge in [0.1, 0.15) is 6.04 Å². The molecule has 2 N–H and O–H groups in total. The number of carbonyl (C=O) groups is 2. The monoisotopic (exact) mass is 473 g/mol. The molecule has 1 atom stereocenters. The van der Waals surface area contributed by atoms with Gasteiger partial charge in [0.25, 0.3) is 5.91 Å². The van der Waals surface area contributed by atoms with Crippen molar-refractivity contribution >= 4 is 20.2 Å².